The number of rotatable bonds is 6. The van der Waals surface area contributed by atoms with Gasteiger partial charge in [-0.1, -0.05) is 18.1 Å². The lowest BCUT2D eigenvalue weighted by Gasteiger charge is -2.33. The number of ether oxygens (including phenoxy) is 1. The van der Waals surface area contributed by atoms with Crippen LogP contribution in [0.5, 0.6) is 0 Å². The molecule has 1 atom stereocenters. The molecule has 0 aliphatic carbocycles. The van der Waals surface area contributed by atoms with Crippen molar-refractivity contribution in [2.45, 2.75) is 44.4 Å². The van der Waals surface area contributed by atoms with E-state index < -0.39 is 5.92 Å². The fourth-order valence-corrected chi connectivity index (χ4v) is 7.60. The predicted molar refractivity (Wildman–Crippen MR) is 206 cm³/mol. The Bertz CT molecular complexity index is 2720. The van der Waals surface area contributed by atoms with Crippen molar-refractivity contribution in [1.29, 1.82) is 0 Å². The molecular formula is C42H36N8O6. The number of hydrogen-bond acceptors (Lipinski definition) is 11. The van der Waals surface area contributed by atoms with E-state index in [-0.39, 0.29) is 47.9 Å². The molecule has 280 valence electrons. The molecule has 9 rings (SSSR count). The number of hydrogen-bond donors (Lipinski definition) is 2. The molecule has 2 saturated heterocycles. The summed E-state index contributed by atoms with van der Waals surface area (Å²) in [6, 6.07) is 14.7. The Kier molecular flexibility index (Phi) is 8.86. The van der Waals surface area contributed by atoms with E-state index >= 15 is 0 Å². The third-order valence-electron chi connectivity index (χ3n) is 10.6. The molecule has 8 heterocycles. The first-order valence-electron chi connectivity index (χ1n) is 18.5. The zero-order chi connectivity index (χ0) is 38.5. The van der Waals surface area contributed by atoms with Crippen molar-refractivity contribution >= 4 is 51.1 Å². The van der Waals surface area contributed by atoms with Crippen LogP contribution in [0.1, 0.15) is 69.9 Å². The maximum atomic E-state index is 12.9. The highest BCUT2D eigenvalue weighted by atomic mass is 16.5. The number of aryl methyl sites for hydroxylation is 3. The van der Waals surface area contributed by atoms with Crippen molar-refractivity contribution < 1.29 is 23.5 Å². The van der Waals surface area contributed by atoms with Crippen LogP contribution in [0.4, 0.5) is 11.4 Å². The lowest BCUT2D eigenvalue weighted by Crippen LogP contribution is -2.39. The molecule has 0 saturated carbocycles. The van der Waals surface area contributed by atoms with E-state index in [0.29, 0.717) is 53.6 Å². The van der Waals surface area contributed by atoms with E-state index in [4.69, 9.17) is 24.1 Å². The molecule has 1 aromatic carbocycles. The summed E-state index contributed by atoms with van der Waals surface area (Å²) >= 11 is 0. The molecule has 3 aliphatic heterocycles. The van der Waals surface area contributed by atoms with Gasteiger partial charge in [-0.3, -0.25) is 34.0 Å². The first-order chi connectivity index (χ1) is 27.2. The number of amides is 3. The average Bonchev–Trinajstić information content (AvgIpc) is 3.61. The molecule has 14 nitrogen and oxygen atoms in total. The number of fused-ring (bicyclic) bond motifs is 3. The van der Waals surface area contributed by atoms with Crippen LogP contribution in [-0.4, -0.2) is 68.5 Å². The lowest BCUT2D eigenvalue weighted by molar-refractivity contribution is -0.134. The highest BCUT2D eigenvalue weighted by Gasteiger charge is 2.30. The Hall–Kier alpha value is -6.72. The minimum Gasteiger partial charge on any atom is -0.448 e. The van der Waals surface area contributed by atoms with Crippen molar-refractivity contribution in [3.05, 3.63) is 105 Å². The van der Waals surface area contributed by atoms with E-state index in [2.05, 4.69) is 38.4 Å². The number of aromatic nitrogens is 5. The number of nitrogens with zero attached hydrogens (tertiary/aromatic N) is 6. The molecule has 0 bridgehead atoms. The molecule has 56 heavy (non-hydrogen) atoms. The van der Waals surface area contributed by atoms with Gasteiger partial charge in [0.1, 0.15) is 16.9 Å². The number of carbonyl (C=O) groups excluding carboxylic acids is 3. The lowest BCUT2D eigenvalue weighted by atomic mass is 9.88. The first-order valence-corrected chi connectivity index (χ1v) is 18.5. The maximum absolute atomic E-state index is 12.9. The molecule has 6 aromatic rings. The zero-order valence-corrected chi connectivity index (χ0v) is 30.7. The summed E-state index contributed by atoms with van der Waals surface area (Å²) in [6.45, 7) is 3.85. The number of furan rings is 1. The smallest absolute Gasteiger partial charge is 0.270 e. The van der Waals surface area contributed by atoms with Crippen molar-refractivity contribution in [2.75, 3.05) is 31.2 Å². The quantitative estimate of drug-likeness (QED) is 0.183. The number of anilines is 2. The van der Waals surface area contributed by atoms with Gasteiger partial charge < -0.3 is 19.4 Å². The SMILES string of the molecule is Cc1cc2c(N3CCCc4nc(-c5ccc(C(=O)NCC#Cc6cc7c(C8CCC(=O)NC8=O)cccc7o6)nc5)ncc43)cc(C3COC3)nc2n(C)c1=O. The molecule has 3 amide bonds. The molecule has 14 heteroatoms. The van der Waals surface area contributed by atoms with Gasteiger partial charge in [-0.15, -0.1) is 0 Å². The second kappa shape index (κ2) is 14.2. The highest BCUT2D eigenvalue weighted by molar-refractivity contribution is 6.03. The minimum absolute atomic E-state index is 0.0578. The first kappa shape index (κ1) is 35.0. The van der Waals surface area contributed by atoms with E-state index in [1.807, 2.05) is 31.3 Å². The number of nitrogens with one attached hydrogen (secondary N) is 2. The summed E-state index contributed by atoms with van der Waals surface area (Å²) in [6.07, 6.45) is 5.79. The van der Waals surface area contributed by atoms with Crippen LogP contribution in [0.15, 0.2) is 70.1 Å². The topological polar surface area (TPSA) is 174 Å². The molecule has 1 unspecified atom stereocenters. The molecule has 5 aromatic heterocycles. The number of pyridine rings is 3. The summed E-state index contributed by atoms with van der Waals surface area (Å²) in [5.41, 5.74) is 7.15. The van der Waals surface area contributed by atoms with Crippen LogP contribution in [-0.2, 0) is 27.8 Å². The summed E-state index contributed by atoms with van der Waals surface area (Å²) in [4.78, 5) is 71.1. The van der Waals surface area contributed by atoms with Crippen LogP contribution in [0.2, 0.25) is 0 Å². The second-order valence-corrected chi connectivity index (χ2v) is 14.3. The van der Waals surface area contributed by atoms with E-state index in [0.717, 1.165) is 58.5 Å². The number of carbonyl (C=O) groups is 3. The van der Waals surface area contributed by atoms with Gasteiger partial charge in [0.05, 0.1) is 54.6 Å². The Morgan fingerprint density at radius 1 is 1.00 bits per heavy atom. The Balaban J connectivity index is 0.895. The van der Waals surface area contributed by atoms with Gasteiger partial charge in [-0.25, -0.2) is 15.0 Å². The Labute approximate surface area is 320 Å². The van der Waals surface area contributed by atoms with E-state index in [1.54, 1.807) is 42.1 Å². The van der Waals surface area contributed by atoms with Crippen LogP contribution >= 0.6 is 0 Å². The third kappa shape index (κ3) is 6.35. The van der Waals surface area contributed by atoms with Gasteiger partial charge in [-0.05, 0) is 68.0 Å². The molecule has 2 fully saturated rings. The number of piperidine rings is 1. The molecule has 0 radical (unpaired) electrons. The van der Waals surface area contributed by atoms with Crippen LogP contribution in [0.25, 0.3) is 33.4 Å². The van der Waals surface area contributed by atoms with Crippen LogP contribution in [0.3, 0.4) is 0 Å². The van der Waals surface area contributed by atoms with E-state index in [9.17, 15) is 19.2 Å². The van der Waals surface area contributed by atoms with E-state index in [1.165, 1.54) is 0 Å². The third-order valence-corrected chi connectivity index (χ3v) is 10.6. The summed E-state index contributed by atoms with van der Waals surface area (Å²) < 4.78 is 13.0. The molecule has 2 N–H and O–H groups in total. The van der Waals surface area contributed by atoms with Crippen LogP contribution < -0.4 is 21.1 Å². The van der Waals surface area contributed by atoms with Gasteiger partial charge in [0.2, 0.25) is 11.8 Å². The summed E-state index contributed by atoms with van der Waals surface area (Å²) in [7, 11) is 1.76. The average molecular weight is 749 g/mol. The van der Waals surface area contributed by atoms with Gasteiger partial charge in [0.25, 0.3) is 11.5 Å². The van der Waals surface area contributed by atoms with Crippen molar-refractivity contribution in [3.8, 4) is 23.2 Å². The fourth-order valence-electron chi connectivity index (χ4n) is 7.60. The van der Waals surface area contributed by atoms with Gasteiger partial charge >= 0.3 is 0 Å². The highest BCUT2D eigenvalue weighted by Crippen LogP contribution is 2.39. The minimum atomic E-state index is -0.443. The van der Waals surface area contributed by atoms with Crippen molar-refractivity contribution in [1.82, 2.24) is 35.1 Å². The van der Waals surface area contributed by atoms with Crippen molar-refractivity contribution in [3.63, 3.8) is 0 Å². The Morgan fingerprint density at radius 3 is 2.66 bits per heavy atom. The summed E-state index contributed by atoms with van der Waals surface area (Å²) in [5.74, 6) is 5.52. The molecule has 0 spiro atoms. The fraction of sp³-hybridized carbons (Fsp3) is 0.286. The molecule has 3 aliphatic rings. The maximum Gasteiger partial charge on any atom is 0.270 e. The standard InChI is InChI=1S/C42H36N8O6/c1-23-16-30-34(18-33(25-21-55-22-25)47-39(30)49(2)42(23)54)50-15-5-8-31-35(50)20-45-38(46-31)24-10-12-32(44-19-24)41(53)43-14-4-6-26-17-29-27(7-3-9-36(29)56-26)28-11-13-37(51)48-40(28)52/h3,7,9-10,12,16-20,25,28H,5,8,11,13-15,21-22H2,1-2H3,(H,43,53)(H,48,51,52). The van der Waals surface area contributed by atoms with Crippen LogP contribution in [0, 0.1) is 18.8 Å². The monoisotopic (exact) mass is 748 g/mol. The van der Waals surface area contributed by atoms with Gasteiger partial charge in [0, 0.05) is 60.1 Å². The summed E-state index contributed by atoms with van der Waals surface area (Å²) in [5, 5.41) is 6.83. The van der Waals surface area contributed by atoms with Gasteiger partial charge in [0.15, 0.2) is 11.6 Å². The molecular weight excluding hydrogens is 713 g/mol. The number of imide groups is 1. The number of benzene rings is 1. The normalized spacial score (nSPS) is 16.9. The Morgan fingerprint density at radius 2 is 1.88 bits per heavy atom. The second-order valence-electron chi connectivity index (χ2n) is 14.3. The van der Waals surface area contributed by atoms with Gasteiger partial charge in [-0.2, -0.15) is 0 Å². The van der Waals surface area contributed by atoms with Crippen molar-refractivity contribution in [2.24, 2.45) is 7.05 Å². The predicted octanol–water partition coefficient (Wildman–Crippen LogP) is 4.34. The zero-order valence-electron chi connectivity index (χ0n) is 30.7. The largest absolute Gasteiger partial charge is 0.448 e.